The van der Waals surface area contributed by atoms with Crippen molar-refractivity contribution in [3.8, 4) is 34.1 Å². The maximum absolute atomic E-state index is 12.1. The largest absolute Gasteiger partial charge is 0.454 e. The van der Waals surface area contributed by atoms with E-state index in [0.717, 1.165) is 5.56 Å². The van der Waals surface area contributed by atoms with Gasteiger partial charge in [-0.1, -0.05) is 0 Å². The van der Waals surface area contributed by atoms with Crippen molar-refractivity contribution in [1.29, 1.82) is 0 Å². The van der Waals surface area contributed by atoms with Crippen LogP contribution in [0.4, 0.5) is 0 Å². The molecule has 8 nitrogen and oxygen atoms in total. The normalized spacial score (nSPS) is 12.6. The van der Waals surface area contributed by atoms with Crippen molar-refractivity contribution >= 4 is 0 Å². The number of tetrazole rings is 1. The number of nitrogens with zero attached hydrogens (tertiary/aromatic N) is 3. The van der Waals surface area contributed by atoms with Crippen LogP contribution < -0.4 is 15.0 Å². The van der Waals surface area contributed by atoms with Crippen LogP contribution in [-0.2, 0) is 0 Å². The molecule has 8 heteroatoms. The summed E-state index contributed by atoms with van der Waals surface area (Å²) in [7, 11) is 0. The Morgan fingerprint density at radius 2 is 2.00 bits per heavy atom. The average molecular weight is 283 g/mol. The number of benzene rings is 1. The number of hydrogen-bond donors (Lipinski definition) is 2. The molecule has 1 aromatic carbocycles. The zero-order chi connectivity index (χ0) is 14.2. The summed E-state index contributed by atoms with van der Waals surface area (Å²) >= 11 is 0. The third kappa shape index (κ3) is 1.93. The molecule has 0 spiro atoms. The Labute approximate surface area is 117 Å². The van der Waals surface area contributed by atoms with Crippen molar-refractivity contribution in [2.75, 3.05) is 6.79 Å². The van der Waals surface area contributed by atoms with E-state index in [9.17, 15) is 4.79 Å². The first-order valence-corrected chi connectivity index (χ1v) is 6.19. The molecule has 3 aromatic rings. The topological polar surface area (TPSA) is 106 Å². The van der Waals surface area contributed by atoms with E-state index in [4.69, 9.17) is 9.47 Å². The summed E-state index contributed by atoms with van der Waals surface area (Å²) in [6.07, 6.45) is 0. The third-order valence-electron chi connectivity index (χ3n) is 3.19. The highest BCUT2D eigenvalue weighted by atomic mass is 16.7. The van der Waals surface area contributed by atoms with Crippen molar-refractivity contribution in [1.82, 2.24) is 25.6 Å². The molecule has 0 aliphatic carbocycles. The highest BCUT2D eigenvalue weighted by molar-refractivity contribution is 5.66. The van der Waals surface area contributed by atoms with Crippen LogP contribution in [0.3, 0.4) is 0 Å². The number of nitrogens with one attached hydrogen (secondary N) is 2. The quantitative estimate of drug-likeness (QED) is 0.725. The zero-order valence-electron chi connectivity index (χ0n) is 10.7. The minimum Gasteiger partial charge on any atom is -0.454 e. The van der Waals surface area contributed by atoms with Gasteiger partial charge < -0.3 is 14.5 Å². The molecular formula is C13H9N5O3. The van der Waals surface area contributed by atoms with Gasteiger partial charge in [0.15, 0.2) is 17.3 Å². The maximum Gasteiger partial charge on any atom is 0.259 e. The summed E-state index contributed by atoms with van der Waals surface area (Å²) in [5.41, 5.74) is 1.61. The predicted octanol–water partition coefficient (Wildman–Crippen LogP) is 0.951. The van der Waals surface area contributed by atoms with Gasteiger partial charge in [0.2, 0.25) is 6.79 Å². The maximum atomic E-state index is 12.1. The number of rotatable bonds is 2. The Bertz CT molecular complexity index is 856. The Balaban J connectivity index is 1.77. The van der Waals surface area contributed by atoms with Gasteiger partial charge in [-0.2, -0.15) is 0 Å². The highest BCUT2D eigenvalue weighted by Crippen LogP contribution is 2.35. The monoisotopic (exact) mass is 283 g/mol. The van der Waals surface area contributed by atoms with Gasteiger partial charge in [0.05, 0.1) is 5.56 Å². The van der Waals surface area contributed by atoms with Gasteiger partial charge in [0.25, 0.3) is 5.56 Å². The molecule has 0 atom stereocenters. The molecule has 104 valence electrons. The summed E-state index contributed by atoms with van der Waals surface area (Å²) in [5.74, 6) is 1.69. The lowest BCUT2D eigenvalue weighted by Crippen LogP contribution is -2.10. The van der Waals surface area contributed by atoms with Crippen molar-refractivity contribution in [2.45, 2.75) is 0 Å². The fraction of sp³-hybridized carbons (Fsp3) is 0.0769. The first kappa shape index (κ1) is 11.6. The molecule has 0 fully saturated rings. The molecule has 0 unspecified atom stereocenters. The summed E-state index contributed by atoms with van der Waals surface area (Å²) in [6.45, 7) is 0.215. The summed E-state index contributed by atoms with van der Waals surface area (Å²) in [4.78, 5) is 14.9. The van der Waals surface area contributed by atoms with Crippen LogP contribution in [0.1, 0.15) is 0 Å². The smallest absolute Gasteiger partial charge is 0.259 e. The van der Waals surface area contributed by atoms with Crippen LogP contribution in [0.15, 0.2) is 35.1 Å². The van der Waals surface area contributed by atoms with Gasteiger partial charge in [-0.15, -0.1) is 5.10 Å². The number of pyridine rings is 1. The van der Waals surface area contributed by atoms with Crippen LogP contribution in [0.25, 0.3) is 22.6 Å². The highest BCUT2D eigenvalue weighted by Gasteiger charge is 2.15. The SMILES string of the molecule is O=c1[nH]c(-c2ccc3c(c2)OCO3)ccc1-c1nnn[nH]1. The molecule has 2 aromatic heterocycles. The average Bonchev–Trinajstić information content (AvgIpc) is 3.17. The summed E-state index contributed by atoms with van der Waals surface area (Å²) in [5, 5.41) is 13.2. The molecule has 0 radical (unpaired) electrons. The Hall–Kier alpha value is -3.16. The van der Waals surface area contributed by atoms with Gasteiger partial charge in [0, 0.05) is 11.3 Å². The third-order valence-corrected chi connectivity index (χ3v) is 3.19. The zero-order valence-corrected chi connectivity index (χ0v) is 10.7. The lowest BCUT2D eigenvalue weighted by Gasteiger charge is -2.04. The van der Waals surface area contributed by atoms with Crippen LogP contribution in [0, 0.1) is 0 Å². The van der Waals surface area contributed by atoms with E-state index in [0.29, 0.717) is 28.6 Å². The van der Waals surface area contributed by atoms with Crippen molar-refractivity contribution in [3.63, 3.8) is 0 Å². The van der Waals surface area contributed by atoms with Crippen LogP contribution in [0.5, 0.6) is 11.5 Å². The van der Waals surface area contributed by atoms with Gasteiger partial charge in [-0.3, -0.25) is 4.79 Å². The first-order chi connectivity index (χ1) is 10.3. The molecule has 3 heterocycles. The minimum atomic E-state index is -0.274. The van der Waals surface area contributed by atoms with Gasteiger partial charge in [0.1, 0.15) is 0 Å². The van der Waals surface area contributed by atoms with Gasteiger partial charge in [-0.05, 0) is 40.8 Å². The first-order valence-electron chi connectivity index (χ1n) is 6.19. The molecule has 21 heavy (non-hydrogen) atoms. The summed E-state index contributed by atoms with van der Waals surface area (Å²) < 4.78 is 10.6. The van der Waals surface area contributed by atoms with Crippen molar-refractivity contribution in [2.24, 2.45) is 0 Å². The summed E-state index contributed by atoms with van der Waals surface area (Å²) in [6, 6.07) is 8.94. The molecule has 0 saturated carbocycles. The molecule has 2 N–H and O–H groups in total. The van der Waals surface area contributed by atoms with Gasteiger partial charge >= 0.3 is 0 Å². The second-order valence-electron chi connectivity index (χ2n) is 4.43. The van der Waals surface area contributed by atoms with Crippen LogP contribution in [-0.4, -0.2) is 32.4 Å². The number of aromatic nitrogens is 5. The number of aromatic amines is 2. The van der Waals surface area contributed by atoms with Crippen LogP contribution >= 0.6 is 0 Å². The van der Waals surface area contributed by atoms with E-state index in [-0.39, 0.29) is 12.4 Å². The molecule has 0 amide bonds. The Morgan fingerprint density at radius 3 is 2.81 bits per heavy atom. The Morgan fingerprint density at radius 1 is 1.10 bits per heavy atom. The molecular weight excluding hydrogens is 274 g/mol. The Kier molecular flexibility index (Phi) is 2.46. The van der Waals surface area contributed by atoms with E-state index in [1.165, 1.54) is 0 Å². The van der Waals surface area contributed by atoms with Crippen molar-refractivity contribution in [3.05, 3.63) is 40.7 Å². The number of ether oxygens (including phenoxy) is 2. The van der Waals surface area contributed by atoms with E-state index in [2.05, 4.69) is 25.6 Å². The second-order valence-corrected chi connectivity index (χ2v) is 4.43. The fourth-order valence-electron chi connectivity index (χ4n) is 2.17. The molecule has 0 saturated heterocycles. The standard InChI is InChI=1S/C13H9N5O3/c19-13-8(12-15-17-18-16-12)2-3-9(14-13)7-1-4-10-11(5-7)21-6-20-10/h1-5H,6H2,(H,14,19)(H,15,16,17,18). The van der Waals surface area contributed by atoms with Crippen LogP contribution in [0.2, 0.25) is 0 Å². The minimum absolute atomic E-state index is 0.215. The fourth-order valence-corrected chi connectivity index (χ4v) is 2.17. The number of hydrogen-bond acceptors (Lipinski definition) is 6. The molecule has 0 bridgehead atoms. The van der Waals surface area contributed by atoms with E-state index < -0.39 is 0 Å². The predicted molar refractivity (Wildman–Crippen MR) is 71.8 cm³/mol. The lowest BCUT2D eigenvalue weighted by molar-refractivity contribution is 0.174. The van der Waals surface area contributed by atoms with E-state index in [1.54, 1.807) is 12.1 Å². The van der Waals surface area contributed by atoms with Crippen molar-refractivity contribution < 1.29 is 9.47 Å². The molecule has 1 aliphatic rings. The second kappa shape index (κ2) is 4.44. The lowest BCUT2D eigenvalue weighted by atomic mass is 10.1. The van der Waals surface area contributed by atoms with E-state index in [1.807, 2.05) is 18.2 Å². The van der Waals surface area contributed by atoms with Gasteiger partial charge in [-0.25, -0.2) is 5.10 Å². The van der Waals surface area contributed by atoms with E-state index >= 15 is 0 Å². The molecule has 1 aliphatic heterocycles. The number of H-pyrrole nitrogens is 2. The molecule has 4 rings (SSSR count). The number of fused-ring (bicyclic) bond motifs is 1.